The molecule has 138 valence electrons. The SMILES string of the molecule is COc1ccccc1C(C(=O)O)N1CCC(OCc2cccnc2)CC1. The fraction of sp³-hybridized carbons (Fsp3) is 0.400. The number of methoxy groups -OCH3 is 1. The van der Waals surface area contributed by atoms with Crippen molar-refractivity contribution in [3.63, 3.8) is 0 Å². The molecule has 1 aromatic heterocycles. The van der Waals surface area contributed by atoms with Gasteiger partial charge in [0, 0.05) is 31.0 Å². The van der Waals surface area contributed by atoms with Crippen molar-refractivity contribution in [3.8, 4) is 5.75 Å². The number of carboxylic acid groups (broad SMARTS) is 1. The molecule has 0 radical (unpaired) electrons. The third-order valence-corrected chi connectivity index (χ3v) is 4.72. The van der Waals surface area contributed by atoms with Crippen molar-refractivity contribution in [1.29, 1.82) is 0 Å². The van der Waals surface area contributed by atoms with E-state index in [1.807, 2.05) is 35.2 Å². The number of hydrogen-bond acceptors (Lipinski definition) is 5. The van der Waals surface area contributed by atoms with E-state index in [0.29, 0.717) is 31.0 Å². The topological polar surface area (TPSA) is 71.9 Å². The number of hydrogen-bond donors (Lipinski definition) is 1. The lowest BCUT2D eigenvalue weighted by Gasteiger charge is -2.36. The molecule has 3 rings (SSSR count). The van der Waals surface area contributed by atoms with Crippen molar-refractivity contribution in [3.05, 3.63) is 59.9 Å². The standard InChI is InChI=1S/C20H24N2O4/c1-25-18-7-3-2-6-17(18)19(20(23)24)22-11-8-16(9-12-22)26-14-15-5-4-10-21-13-15/h2-7,10,13,16,19H,8-9,11-12,14H2,1H3,(H,23,24). The van der Waals surface area contributed by atoms with Crippen LogP contribution in [0.5, 0.6) is 5.75 Å². The highest BCUT2D eigenvalue weighted by Gasteiger charge is 2.33. The summed E-state index contributed by atoms with van der Waals surface area (Å²) in [7, 11) is 1.57. The highest BCUT2D eigenvalue weighted by Crippen LogP contribution is 2.32. The zero-order valence-corrected chi connectivity index (χ0v) is 14.9. The van der Waals surface area contributed by atoms with Crippen LogP contribution < -0.4 is 4.74 Å². The molecule has 26 heavy (non-hydrogen) atoms. The monoisotopic (exact) mass is 356 g/mol. The maximum Gasteiger partial charge on any atom is 0.325 e. The van der Waals surface area contributed by atoms with Crippen molar-refractivity contribution < 1.29 is 19.4 Å². The first-order valence-electron chi connectivity index (χ1n) is 8.79. The Kier molecular flexibility index (Phi) is 6.20. The molecule has 0 spiro atoms. The van der Waals surface area contributed by atoms with E-state index in [1.54, 1.807) is 25.6 Å². The summed E-state index contributed by atoms with van der Waals surface area (Å²) in [6.45, 7) is 1.88. The van der Waals surface area contributed by atoms with Crippen molar-refractivity contribution >= 4 is 5.97 Å². The maximum atomic E-state index is 11.9. The van der Waals surface area contributed by atoms with E-state index in [0.717, 1.165) is 18.4 Å². The summed E-state index contributed by atoms with van der Waals surface area (Å²) >= 11 is 0. The number of carbonyl (C=O) groups is 1. The van der Waals surface area contributed by atoms with Gasteiger partial charge in [0.15, 0.2) is 0 Å². The predicted molar refractivity (Wildman–Crippen MR) is 97.0 cm³/mol. The van der Waals surface area contributed by atoms with Gasteiger partial charge in [-0.3, -0.25) is 14.7 Å². The van der Waals surface area contributed by atoms with E-state index in [9.17, 15) is 9.90 Å². The van der Waals surface area contributed by atoms with Gasteiger partial charge in [-0.25, -0.2) is 0 Å². The van der Waals surface area contributed by atoms with Crippen LogP contribution in [-0.4, -0.2) is 47.3 Å². The largest absolute Gasteiger partial charge is 0.496 e. The van der Waals surface area contributed by atoms with Gasteiger partial charge >= 0.3 is 5.97 Å². The van der Waals surface area contributed by atoms with Crippen LogP contribution in [0.2, 0.25) is 0 Å². The zero-order chi connectivity index (χ0) is 18.4. The van der Waals surface area contributed by atoms with E-state index in [-0.39, 0.29) is 6.10 Å². The molecule has 1 atom stereocenters. The molecule has 6 heteroatoms. The Morgan fingerprint density at radius 1 is 1.27 bits per heavy atom. The van der Waals surface area contributed by atoms with Gasteiger partial charge in [0.2, 0.25) is 0 Å². The molecule has 0 saturated carbocycles. The number of benzene rings is 1. The minimum atomic E-state index is -0.857. The number of nitrogens with zero attached hydrogens (tertiary/aromatic N) is 2. The number of pyridine rings is 1. The molecule has 2 aromatic rings. The summed E-state index contributed by atoms with van der Waals surface area (Å²) in [6.07, 6.45) is 5.29. The number of carboxylic acids is 1. The van der Waals surface area contributed by atoms with E-state index in [2.05, 4.69) is 4.98 Å². The lowest BCUT2D eigenvalue weighted by Crippen LogP contribution is -2.42. The molecule has 1 fully saturated rings. The summed E-state index contributed by atoms with van der Waals surface area (Å²) in [5, 5.41) is 9.78. The second-order valence-electron chi connectivity index (χ2n) is 6.39. The number of para-hydroxylation sites is 1. The van der Waals surface area contributed by atoms with Crippen LogP contribution >= 0.6 is 0 Å². The van der Waals surface area contributed by atoms with Crippen molar-refractivity contribution in [2.24, 2.45) is 0 Å². The molecule has 1 N–H and O–H groups in total. The van der Waals surface area contributed by atoms with Gasteiger partial charge in [0.1, 0.15) is 11.8 Å². The molecular formula is C20H24N2O4. The van der Waals surface area contributed by atoms with Crippen molar-refractivity contribution in [2.45, 2.75) is 31.6 Å². The van der Waals surface area contributed by atoms with Gasteiger partial charge in [-0.05, 0) is 30.5 Å². The lowest BCUT2D eigenvalue weighted by molar-refractivity contribution is -0.145. The molecular weight excluding hydrogens is 332 g/mol. The van der Waals surface area contributed by atoms with Gasteiger partial charge in [-0.1, -0.05) is 24.3 Å². The number of likely N-dealkylation sites (tertiary alicyclic amines) is 1. The first-order chi connectivity index (χ1) is 12.7. The van der Waals surface area contributed by atoms with Gasteiger partial charge < -0.3 is 14.6 Å². The van der Waals surface area contributed by atoms with Crippen LogP contribution in [0.1, 0.15) is 30.0 Å². The smallest absolute Gasteiger partial charge is 0.325 e. The third kappa shape index (κ3) is 4.39. The maximum absolute atomic E-state index is 11.9. The number of aromatic nitrogens is 1. The molecule has 6 nitrogen and oxygen atoms in total. The molecule has 1 saturated heterocycles. The lowest BCUT2D eigenvalue weighted by atomic mass is 9.99. The summed E-state index contributed by atoms with van der Waals surface area (Å²) in [5.41, 5.74) is 1.74. The summed E-state index contributed by atoms with van der Waals surface area (Å²) in [4.78, 5) is 18.0. The van der Waals surface area contributed by atoms with E-state index >= 15 is 0 Å². The predicted octanol–water partition coefficient (Wildman–Crippen LogP) is 2.90. The second-order valence-corrected chi connectivity index (χ2v) is 6.39. The van der Waals surface area contributed by atoms with E-state index in [4.69, 9.17) is 9.47 Å². The first kappa shape index (κ1) is 18.4. The fourth-order valence-electron chi connectivity index (χ4n) is 3.38. The first-order valence-corrected chi connectivity index (χ1v) is 8.79. The van der Waals surface area contributed by atoms with Crippen LogP contribution in [-0.2, 0) is 16.1 Å². The Hall–Kier alpha value is -2.44. The van der Waals surface area contributed by atoms with Crippen molar-refractivity contribution in [2.75, 3.05) is 20.2 Å². The normalized spacial score (nSPS) is 17.0. The van der Waals surface area contributed by atoms with E-state index in [1.165, 1.54) is 0 Å². The van der Waals surface area contributed by atoms with Crippen LogP contribution in [0.25, 0.3) is 0 Å². The molecule has 0 amide bonds. The quantitative estimate of drug-likeness (QED) is 0.822. The summed E-state index contributed by atoms with van der Waals surface area (Å²) in [6, 6.07) is 10.5. The number of ether oxygens (including phenoxy) is 2. The minimum absolute atomic E-state index is 0.138. The molecule has 1 aliphatic heterocycles. The van der Waals surface area contributed by atoms with Gasteiger partial charge in [-0.2, -0.15) is 0 Å². The Morgan fingerprint density at radius 3 is 2.69 bits per heavy atom. The van der Waals surface area contributed by atoms with Crippen LogP contribution in [0.3, 0.4) is 0 Å². The number of aliphatic carboxylic acids is 1. The molecule has 0 bridgehead atoms. The number of piperidine rings is 1. The molecule has 2 heterocycles. The highest BCUT2D eigenvalue weighted by molar-refractivity contribution is 5.76. The second kappa shape index (κ2) is 8.78. The zero-order valence-electron chi connectivity index (χ0n) is 14.9. The Bertz CT molecular complexity index is 715. The average Bonchev–Trinajstić information content (AvgIpc) is 2.68. The Morgan fingerprint density at radius 2 is 2.04 bits per heavy atom. The third-order valence-electron chi connectivity index (χ3n) is 4.72. The molecule has 0 aliphatic carbocycles. The minimum Gasteiger partial charge on any atom is -0.496 e. The van der Waals surface area contributed by atoms with Gasteiger partial charge in [0.25, 0.3) is 0 Å². The van der Waals surface area contributed by atoms with Gasteiger partial charge in [-0.15, -0.1) is 0 Å². The van der Waals surface area contributed by atoms with Crippen LogP contribution in [0, 0.1) is 0 Å². The van der Waals surface area contributed by atoms with Crippen LogP contribution in [0.4, 0.5) is 0 Å². The van der Waals surface area contributed by atoms with Gasteiger partial charge in [0.05, 0.1) is 19.8 Å². The molecule has 1 aromatic carbocycles. The fourth-order valence-corrected chi connectivity index (χ4v) is 3.38. The van der Waals surface area contributed by atoms with Crippen LogP contribution in [0.15, 0.2) is 48.8 Å². The molecule has 1 aliphatic rings. The summed E-state index contributed by atoms with van der Waals surface area (Å²) in [5.74, 6) is -0.251. The Balaban J connectivity index is 1.61. The number of rotatable bonds is 7. The Labute approximate surface area is 153 Å². The summed E-state index contributed by atoms with van der Waals surface area (Å²) < 4.78 is 11.3. The van der Waals surface area contributed by atoms with Crippen molar-refractivity contribution in [1.82, 2.24) is 9.88 Å². The molecule has 1 unspecified atom stereocenters. The highest BCUT2D eigenvalue weighted by atomic mass is 16.5. The average molecular weight is 356 g/mol. The van der Waals surface area contributed by atoms with E-state index < -0.39 is 12.0 Å².